The lowest BCUT2D eigenvalue weighted by atomic mass is 9.80. The maximum atomic E-state index is 8.17. The van der Waals surface area contributed by atoms with Gasteiger partial charge in [0.2, 0.25) is 0 Å². The molecule has 74 valence electrons. The van der Waals surface area contributed by atoms with Crippen LogP contribution >= 0.6 is 0 Å². The Kier molecular flexibility index (Phi) is 4.65. The summed E-state index contributed by atoms with van der Waals surface area (Å²) in [6.45, 7) is 1.50. The van der Waals surface area contributed by atoms with Crippen molar-refractivity contribution in [2.75, 3.05) is 13.1 Å². The lowest BCUT2D eigenvalue weighted by Gasteiger charge is -2.27. The van der Waals surface area contributed by atoms with Gasteiger partial charge >= 0.3 is 0 Å². The molecule has 1 saturated carbocycles. The average molecular weight is 182 g/mol. The molecule has 0 saturated heterocycles. The Labute approximate surface area is 79.1 Å². The van der Waals surface area contributed by atoms with Crippen molar-refractivity contribution < 1.29 is 0 Å². The first kappa shape index (κ1) is 10.4. The Morgan fingerprint density at radius 1 is 1.23 bits per heavy atom. The number of hydrogen-bond donors (Lipinski definition) is 1. The smallest absolute Gasteiger partial charge is 0.0286 e. The van der Waals surface area contributed by atoms with Crippen LogP contribution in [0.2, 0.25) is 0 Å². The number of hydrogen-bond acceptors (Lipinski definition) is 2. The molecule has 1 rings (SSSR count). The third-order valence-corrected chi connectivity index (χ3v) is 2.94. The van der Waals surface area contributed by atoms with Gasteiger partial charge in [0.15, 0.2) is 0 Å². The van der Waals surface area contributed by atoms with Gasteiger partial charge in [0.1, 0.15) is 0 Å². The van der Waals surface area contributed by atoms with E-state index < -0.39 is 0 Å². The molecule has 2 N–H and O–H groups in total. The molecular weight excluding hydrogens is 164 g/mol. The second-order valence-electron chi connectivity index (χ2n) is 3.88. The summed E-state index contributed by atoms with van der Waals surface area (Å²) >= 11 is 0. The predicted molar refractivity (Wildman–Crippen MR) is 53.1 cm³/mol. The Morgan fingerprint density at radius 2 is 1.85 bits per heavy atom. The Bertz CT molecular complexity index is 178. The molecule has 0 aromatic heterocycles. The molecule has 1 fully saturated rings. The molecule has 4 nitrogen and oxygen atoms in total. The van der Waals surface area contributed by atoms with E-state index in [2.05, 4.69) is 10.0 Å². The minimum absolute atomic E-state index is 0.630. The molecule has 4 heteroatoms. The first-order valence-corrected chi connectivity index (χ1v) is 5.07. The van der Waals surface area contributed by atoms with Crippen LogP contribution in [0.15, 0.2) is 5.11 Å². The molecule has 0 spiro atoms. The molecule has 1 aliphatic carbocycles. The summed E-state index contributed by atoms with van der Waals surface area (Å²) < 4.78 is 0. The third kappa shape index (κ3) is 3.66. The van der Waals surface area contributed by atoms with Crippen LogP contribution in [0.1, 0.15) is 32.1 Å². The minimum atomic E-state index is 0.630. The molecule has 0 amide bonds. The zero-order chi connectivity index (χ0) is 9.52. The quantitative estimate of drug-likeness (QED) is 0.404. The van der Waals surface area contributed by atoms with Crippen LogP contribution in [0.25, 0.3) is 10.4 Å². The fraction of sp³-hybridized carbons (Fsp3) is 1.00. The molecule has 0 aliphatic heterocycles. The highest BCUT2D eigenvalue weighted by atomic mass is 15.1. The molecule has 0 bridgehead atoms. The van der Waals surface area contributed by atoms with Crippen molar-refractivity contribution in [2.24, 2.45) is 22.7 Å². The second-order valence-corrected chi connectivity index (χ2v) is 3.88. The maximum absolute atomic E-state index is 8.17. The van der Waals surface area contributed by atoms with Crippen molar-refractivity contribution in [1.29, 1.82) is 0 Å². The Balaban J connectivity index is 2.18. The van der Waals surface area contributed by atoms with Crippen LogP contribution in [0.5, 0.6) is 0 Å². The summed E-state index contributed by atoms with van der Waals surface area (Å²) in [6, 6.07) is 0. The van der Waals surface area contributed by atoms with Crippen molar-refractivity contribution in [2.45, 2.75) is 32.1 Å². The lowest BCUT2D eigenvalue weighted by molar-refractivity contribution is 0.270. The SMILES string of the molecule is [N-]=[N+]=NCC1CCC(CCN)CC1. The highest BCUT2D eigenvalue weighted by Gasteiger charge is 2.19. The number of azide groups is 1. The first-order valence-electron chi connectivity index (χ1n) is 5.07. The summed E-state index contributed by atoms with van der Waals surface area (Å²) in [6.07, 6.45) is 6.12. The van der Waals surface area contributed by atoms with E-state index in [1.54, 1.807) is 0 Å². The Hall–Kier alpha value is -0.730. The second kappa shape index (κ2) is 5.84. The third-order valence-electron chi connectivity index (χ3n) is 2.94. The molecule has 0 unspecified atom stereocenters. The predicted octanol–water partition coefficient (Wildman–Crippen LogP) is 2.45. The largest absolute Gasteiger partial charge is 0.330 e. The van der Waals surface area contributed by atoms with E-state index in [0.717, 1.165) is 18.9 Å². The Morgan fingerprint density at radius 3 is 2.38 bits per heavy atom. The minimum Gasteiger partial charge on any atom is -0.330 e. The van der Waals surface area contributed by atoms with Gasteiger partial charge in [-0.05, 0) is 30.3 Å². The number of nitrogens with two attached hydrogens (primary N) is 1. The number of rotatable bonds is 4. The van der Waals surface area contributed by atoms with Gasteiger partial charge in [-0.25, -0.2) is 0 Å². The van der Waals surface area contributed by atoms with E-state index in [1.807, 2.05) is 0 Å². The lowest BCUT2D eigenvalue weighted by Crippen LogP contribution is -2.18. The standard InChI is InChI=1S/C9H18N4/c10-6-5-8-1-3-9(4-2-8)7-12-13-11/h8-9H,1-7,10H2. The zero-order valence-corrected chi connectivity index (χ0v) is 8.02. The first-order chi connectivity index (χ1) is 6.36. The molecule has 0 heterocycles. The van der Waals surface area contributed by atoms with Crippen LogP contribution < -0.4 is 5.73 Å². The van der Waals surface area contributed by atoms with Crippen LogP contribution in [-0.2, 0) is 0 Å². The molecule has 13 heavy (non-hydrogen) atoms. The molecule has 0 radical (unpaired) electrons. The van der Waals surface area contributed by atoms with Gasteiger partial charge < -0.3 is 5.73 Å². The number of nitrogens with zero attached hydrogens (tertiary/aromatic N) is 3. The van der Waals surface area contributed by atoms with Gasteiger partial charge in [-0.2, -0.15) is 0 Å². The van der Waals surface area contributed by atoms with Gasteiger partial charge in [0, 0.05) is 11.5 Å². The van der Waals surface area contributed by atoms with Gasteiger partial charge in [-0.3, -0.25) is 0 Å². The molecule has 0 atom stereocenters. The van der Waals surface area contributed by atoms with Crippen LogP contribution in [-0.4, -0.2) is 13.1 Å². The average Bonchev–Trinajstić information content (AvgIpc) is 2.17. The maximum Gasteiger partial charge on any atom is 0.0286 e. The van der Waals surface area contributed by atoms with E-state index in [-0.39, 0.29) is 0 Å². The summed E-state index contributed by atoms with van der Waals surface area (Å²) in [5.41, 5.74) is 13.7. The molecular formula is C9H18N4. The van der Waals surface area contributed by atoms with E-state index in [1.165, 1.54) is 25.7 Å². The van der Waals surface area contributed by atoms with Gasteiger partial charge in [0.05, 0.1) is 0 Å². The monoisotopic (exact) mass is 182 g/mol. The van der Waals surface area contributed by atoms with Gasteiger partial charge in [0.25, 0.3) is 0 Å². The zero-order valence-electron chi connectivity index (χ0n) is 8.02. The summed E-state index contributed by atoms with van der Waals surface area (Å²) in [5.74, 6) is 1.46. The van der Waals surface area contributed by atoms with E-state index in [4.69, 9.17) is 11.3 Å². The van der Waals surface area contributed by atoms with Crippen LogP contribution in [0.3, 0.4) is 0 Å². The fourth-order valence-corrected chi connectivity index (χ4v) is 2.09. The molecule has 1 aliphatic rings. The highest BCUT2D eigenvalue weighted by molar-refractivity contribution is 4.74. The summed E-state index contributed by atoms with van der Waals surface area (Å²) in [5, 5.41) is 3.62. The summed E-state index contributed by atoms with van der Waals surface area (Å²) in [7, 11) is 0. The normalized spacial score (nSPS) is 28.1. The fourth-order valence-electron chi connectivity index (χ4n) is 2.09. The molecule has 0 aromatic carbocycles. The van der Waals surface area contributed by atoms with Crippen LogP contribution in [0, 0.1) is 11.8 Å². The van der Waals surface area contributed by atoms with Crippen molar-refractivity contribution >= 4 is 0 Å². The van der Waals surface area contributed by atoms with Crippen molar-refractivity contribution in [3.63, 3.8) is 0 Å². The highest BCUT2D eigenvalue weighted by Crippen LogP contribution is 2.30. The summed E-state index contributed by atoms with van der Waals surface area (Å²) in [4.78, 5) is 2.79. The topological polar surface area (TPSA) is 74.8 Å². The van der Waals surface area contributed by atoms with E-state index >= 15 is 0 Å². The molecule has 0 aromatic rings. The van der Waals surface area contributed by atoms with Crippen molar-refractivity contribution in [1.82, 2.24) is 0 Å². The van der Waals surface area contributed by atoms with Crippen LogP contribution in [0.4, 0.5) is 0 Å². The van der Waals surface area contributed by atoms with Gasteiger partial charge in [-0.1, -0.05) is 30.8 Å². The van der Waals surface area contributed by atoms with Crippen molar-refractivity contribution in [3.05, 3.63) is 10.4 Å². The van der Waals surface area contributed by atoms with Crippen molar-refractivity contribution in [3.8, 4) is 0 Å². The van der Waals surface area contributed by atoms with E-state index in [9.17, 15) is 0 Å². The van der Waals surface area contributed by atoms with Gasteiger partial charge in [-0.15, -0.1) is 0 Å². The van der Waals surface area contributed by atoms with E-state index in [0.29, 0.717) is 12.5 Å².